The van der Waals surface area contributed by atoms with E-state index in [2.05, 4.69) is 55.6 Å². The maximum absolute atomic E-state index is 11.6. The second kappa shape index (κ2) is 9.31. The predicted molar refractivity (Wildman–Crippen MR) is 86.4 cm³/mol. The van der Waals surface area contributed by atoms with Gasteiger partial charge in [-0.1, -0.05) is 0 Å². The number of hydrogen-bond donors (Lipinski definition) is 4. The molecule has 0 saturated heterocycles. The molecule has 2 heterocycles. The van der Waals surface area contributed by atoms with Gasteiger partial charge in [0, 0.05) is 0 Å². The van der Waals surface area contributed by atoms with Crippen molar-refractivity contribution >= 4 is 33.5 Å². The number of hydrogen-bond acceptors (Lipinski definition) is 9. The van der Waals surface area contributed by atoms with E-state index in [0.717, 1.165) is 0 Å². The van der Waals surface area contributed by atoms with Crippen LogP contribution in [0.15, 0.2) is 12.7 Å². The van der Waals surface area contributed by atoms with Crippen molar-refractivity contribution in [3.05, 3.63) is 24.3 Å². The Morgan fingerprint density at radius 1 is 1.00 bits per heavy atom. The second-order valence-corrected chi connectivity index (χ2v) is 6.59. The quantitative estimate of drug-likeness (QED) is 0.375. The first-order valence-electron chi connectivity index (χ1n) is 6.54. The summed E-state index contributed by atoms with van der Waals surface area (Å²) in [7, 11) is -2.53. The standard InChI is InChI=1S/C10H17N6O3PS2/c17-20(18-3-1-7(21)9-11-5-13-15-9)19-4-2-8(22)10-12-6-14-16-10/h5-8,20-22H,1-4H2,(H,11,13,15)(H,12,14,16). The smallest absolute Gasteiger partial charge is 0.311 e. The molecule has 0 fully saturated rings. The first-order chi connectivity index (χ1) is 10.7. The summed E-state index contributed by atoms with van der Waals surface area (Å²) in [5, 5.41) is 12.7. The van der Waals surface area contributed by atoms with Gasteiger partial charge in [0.05, 0.1) is 23.7 Å². The molecule has 0 aromatic carbocycles. The highest BCUT2D eigenvalue weighted by Crippen LogP contribution is 2.29. The van der Waals surface area contributed by atoms with Crippen molar-refractivity contribution in [3.8, 4) is 0 Å². The number of aromatic amines is 2. The van der Waals surface area contributed by atoms with Crippen LogP contribution in [0.1, 0.15) is 35.0 Å². The van der Waals surface area contributed by atoms with E-state index < -0.39 is 8.25 Å². The van der Waals surface area contributed by atoms with Gasteiger partial charge in [0.25, 0.3) is 0 Å². The Morgan fingerprint density at radius 3 is 1.82 bits per heavy atom. The van der Waals surface area contributed by atoms with Gasteiger partial charge in [-0.3, -0.25) is 14.8 Å². The molecule has 0 aliphatic carbocycles. The lowest BCUT2D eigenvalue weighted by Gasteiger charge is -2.09. The summed E-state index contributed by atoms with van der Waals surface area (Å²) in [6, 6.07) is 0. The number of thiol groups is 2. The Kier molecular flexibility index (Phi) is 7.40. The maximum atomic E-state index is 11.6. The number of nitrogens with zero attached hydrogens (tertiary/aromatic N) is 4. The summed E-state index contributed by atoms with van der Waals surface area (Å²) in [5.41, 5.74) is 0. The van der Waals surface area contributed by atoms with Crippen LogP contribution in [0.2, 0.25) is 0 Å². The van der Waals surface area contributed by atoms with Crippen LogP contribution < -0.4 is 0 Å². The molecule has 0 aliphatic rings. The van der Waals surface area contributed by atoms with Crippen molar-refractivity contribution in [1.82, 2.24) is 30.4 Å². The molecule has 9 nitrogen and oxygen atoms in total. The fraction of sp³-hybridized carbons (Fsp3) is 0.600. The van der Waals surface area contributed by atoms with Crippen molar-refractivity contribution in [2.45, 2.75) is 23.3 Å². The highest BCUT2D eigenvalue weighted by atomic mass is 32.1. The van der Waals surface area contributed by atoms with E-state index in [1.807, 2.05) is 0 Å². The van der Waals surface area contributed by atoms with Crippen molar-refractivity contribution in [2.75, 3.05) is 13.2 Å². The Morgan fingerprint density at radius 2 is 1.45 bits per heavy atom. The molecule has 2 unspecified atom stereocenters. The lowest BCUT2D eigenvalue weighted by molar-refractivity contribution is 0.220. The van der Waals surface area contributed by atoms with Crippen molar-refractivity contribution in [2.24, 2.45) is 0 Å². The molecule has 12 heteroatoms. The van der Waals surface area contributed by atoms with E-state index >= 15 is 0 Å². The van der Waals surface area contributed by atoms with E-state index in [9.17, 15) is 4.57 Å². The fourth-order valence-corrected chi connectivity index (χ4v) is 2.68. The summed E-state index contributed by atoms with van der Waals surface area (Å²) >= 11 is 8.67. The molecule has 0 aliphatic heterocycles. The van der Waals surface area contributed by atoms with Gasteiger partial charge in [-0.25, -0.2) is 9.97 Å². The van der Waals surface area contributed by atoms with Gasteiger partial charge < -0.3 is 9.05 Å². The zero-order valence-electron chi connectivity index (χ0n) is 11.5. The molecule has 2 rings (SSSR count). The third kappa shape index (κ3) is 5.73. The minimum atomic E-state index is -2.53. The molecule has 2 aromatic heterocycles. The molecule has 2 N–H and O–H groups in total. The summed E-state index contributed by atoms with van der Waals surface area (Å²) in [6.45, 7) is 0.511. The van der Waals surface area contributed by atoms with Gasteiger partial charge in [0.2, 0.25) is 0 Å². The summed E-state index contributed by atoms with van der Waals surface area (Å²) in [6.07, 6.45) is 4.03. The molecule has 22 heavy (non-hydrogen) atoms. The van der Waals surface area contributed by atoms with E-state index in [4.69, 9.17) is 9.05 Å². The molecule has 2 aromatic rings. The molecule has 0 radical (unpaired) electrons. The van der Waals surface area contributed by atoms with E-state index in [-0.39, 0.29) is 23.7 Å². The van der Waals surface area contributed by atoms with E-state index in [1.165, 1.54) is 12.7 Å². The molecule has 0 bridgehead atoms. The fourth-order valence-electron chi connectivity index (χ4n) is 1.57. The first kappa shape index (κ1) is 17.5. The van der Waals surface area contributed by atoms with Crippen LogP contribution in [0.25, 0.3) is 0 Å². The van der Waals surface area contributed by atoms with Gasteiger partial charge >= 0.3 is 8.25 Å². The lowest BCUT2D eigenvalue weighted by atomic mass is 10.3. The third-order valence-corrected chi connectivity index (χ3v) is 4.54. The highest BCUT2D eigenvalue weighted by Gasteiger charge is 2.13. The number of aromatic nitrogens is 6. The van der Waals surface area contributed by atoms with Crippen LogP contribution in [0.5, 0.6) is 0 Å². The van der Waals surface area contributed by atoms with Gasteiger partial charge in [-0.2, -0.15) is 35.5 Å². The van der Waals surface area contributed by atoms with Gasteiger partial charge in [0.1, 0.15) is 12.7 Å². The number of H-pyrrole nitrogens is 2. The monoisotopic (exact) mass is 364 g/mol. The lowest BCUT2D eigenvalue weighted by Crippen LogP contribution is -2.00. The van der Waals surface area contributed by atoms with Crippen LogP contribution >= 0.6 is 33.5 Å². The SMILES string of the molecule is O=[PH](OCCC(S)c1nc[nH]n1)OCCC(S)c1nc[nH]n1. The largest absolute Gasteiger partial charge is 0.319 e. The Hall–Kier alpha value is -0.870. The summed E-state index contributed by atoms with van der Waals surface area (Å²) < 4.78 is 21.9. The zero-order valence-corrected chi connectivity index (χ0v) is 14.3. The molecular formula is C10H17N6O3PS2. The number of nitrogens with one attached hydrogen (secondary N) is 2. The summed E-state index contributed by atoms with van der Waals surface area (Å²) in [4.78, 5) is 7.97. The van der Waals surface area contributed by atoms with Crippen LogP contribution in [-0.2, 0) is 13.6 Å². The highest BCUT2D eigenvalue weighted by molar-refractivity contribution is 7.80. The van der Waals surface area contributed by atoms with Crippen molar-refractivity contribution in [3.63, 3.8) is 0 Å². The normalized spacial score (nSPS) is 15.5. The topological polar surface area (TPSA) is 119 Å². The Balaban J connectivity index is 1.56. The molecule has 122 valence electrons. The average Bonchev–Trinajstić information content (AvgIpc) is 3.20. The Labute approximate surface area is 138 Å². The van der Waals surface area contributed by atoms with Crippen LogP contribution in [0.3, 0.4) is 0 Å². The van der Waals surface area contributed by atoms with Crippen LogP contribution in [0, 0.1) is 0 Å². The maximum Gasteiger partial charge on any atom is 0.319 e. The van der Waals surface area contributed by atoms with Gasteiger partial charge in [0.15, 0.2) is 11.6 Å². The van der Waals surface area contributed by atoms with E-state index in [1.54, 1.807) is 0 Å². The van der Waals surface area contributed by atoms with Crippen molar-refractivity contribution in [1.29, 1.82) is 0 Å². The zero-order chi connectivity index (χ0) is 15.8. The first-order valence-corrected chi connectivity index (χ1v) is 8.79. The van der Waals surface area contributed by atoms with Gasteiger partial charge in [-0.15, -0.1) is 0 Å². The molecular weight excluding hydrogens is 347 g/mol. The molecule has 2 atom stereocenters. The molecule has 0 amide bonds. The average molecular weight is 364 g/mol. The van der Waals surface area contributed by atoms with E-state index in [0.29, 0.717) is 24.5 Å². The minimum Gasteiger partial charge on any atom is -0.311 e. The predicted octanol–water partition coefficient (Wildman–Crippen LogP) is 1.77. The molecule has 0 saturated carbocycles. The second-order valence-electron chi connectivity index (χ2n) is 4.27. The molecule has 0 spiro atoms. The van der Waals surface area contributed by atoms with Crippen LogP contribution in [-0.4, -0.2) is 43.6 Å². The van der Waals surface area contributed by atoms with Crippen LogP contribution in [0.4, 0.5) is 0 Å². The summed E-state index contributed by atoms with van der Waals surface area (Å²) in [5.74, 6) is 1.16. The third-order valence-electron chi connectivity index (χ3n) is 2.69. The van der Waals surface area contributed by atoms with Gasteiger partial charge in [-0.05, 0) is 12.8 Å². The minimum absolute atomic E-state index is 0.173. The Bertz CT molecular complexity index is 507. The number of rotatable bonds is 10. The van der Waals surface area contributed by atoms with Crippen molar-refractivity contribution < 1.29 is 13.6 Å².